The summed E-state index contributed by atoms with van der Waals surface area (Å²) < 4.78 is 2.06. The van der Waals surface area contributed by atoms with Crippen molar-refractivity contribution in [3.63, 3.8) is 0 Å². The number of carbonyl (C=O) groups excluding carboxylic acids is 1. The molecule has 0 unspecified atom stereocenters. The van der Waals surface area contributed by atoms with Gasteiger partial charge in [-0.05, 0) is 45.2 Å². The molecule has 0 radical (unpaired) electrons. The molecule has 0 fully saturated rings. The highest BCUT2D eigenvalue weighted by Gasteiger charge is 2.16. The van der Waals surface area contributed by atoms with Crippen LogP contribution in [0.1, 0.15) is 34.2 Å². The summed E-state index contributed by atoms with van der Waals surface area (Å²) in [6.07, 6.45) is 0. The summed E-state index contributed by atoms with van der Waals surface area (Å²) in [5, 5.41) is 5.29. The summed E-state index contributed by atoms with van der Waals surface area (Å²) in [5.74, 6) is 0.0207. The van der Waals surface area contributed by atoms with Gasteiger partial charge < -0.3 is 9.88 Å². The Hall–Kier alpha value is -2.14. The Morgan fingerprint density at radius 1 is 1.30 bits per heavy atom. The number of nitrogens with zero attached hydrogens (tertiary/aromatic N) is 2. The van der Waals surface area contributed by atoms with E-state index in [1.54, 1.807) is 11.3 Å². The summed E-state index contributed by atoms with van der Waals surface area (Å²) in [6.45, 7) is 8.36. The zero-order chi connectivity index (χ0) is 16.6. The van der Waals surface area contributed by atoms with Crippen LogP contribution in [0.5, 0.6) is 0 Å². The van der Waals surface area contributed by atoms with Crippen molar-refractivity contribution in [3.8, 4) is 0 Å². The van der Waals surface area contributed by atoms with Crippen molar-refractivity contribution in [3.05, 3.63) is 51.6 Å². The minimum Gasteiger partial charge on any atom is -0.347 e. The number of para-hydroxylation sites is 1. The maximum absolute atomic E-state index is 12.5. The van der Waals surface area contributed by atoms with Crippen LogP contribution < -0.4 is 5.32 Å². The molecule has 0 aliphatic rings. The van der Waals surface area contributed by atoms with Crippen molar-refractivity contribution in [2.75, 3.05) is 0 Å². The first-order valence-electron chi connectivity index (χ1n) is 7.74. The Kier molecular flexibility index (Phi) is 4.22. The van der Waals surface area contributed by atoms with E-state index >= 15 is 0 Å². The number of thiazole rings is 1. The lowest BCUT2D eigenvalue weighted by atomic mass is 10.2. The van der Waals surface area contributed by atoms with Crippen molar-refractivity contribution >= 4 is 28.1 Å². The highest BCUT2D eigenvalue weighted by Crippen LogP contribution is 2.24. The largest absolute Gasteiger partial charge is 0.347 e. The summed E-state index contributed by atoms with van der Waals surface area (Å²) in [5.41, 5.74) is 3.19. The van der Waals surface area contributed by atoms with Gasteiger partial charge in [0.2, 0.25) is 5.91 Å². The lowest BCUT2D eigenvalue weighted by Gasteiger charge is -2.14. The summed E-state index contributed by atoms with van der Waals surface area (Å²) in [4.78, 5) is 18.0. The minimum atomic E-state index is -0.0177. The summed E-state index contributed by atoms with van der Waals surface area (Å²) in [7, 11) is 0. The van der Waals surface area contributed by atoms with Crippen LogP contribution in [0.4, 0.5) is 0 Å². The number of aryl methyl sites for hydroxylation is 3. The van der Waals surface area contributed by atoms with E-state index in [1.807, 2.05) is 39.8 Å². The Bertz CT molecular complexity index is 862. The standard InChI is InChI=1S/C18H21N3OS/c1-11-9-15-7-5-6-8-16(15)21(11)10-17(22)20-13(3)18-12(2)19-14(4)23-18/h5-9,13H,10H2,1-4H3,(H,20,22)/t13-/m1/s1. The van der Waals surface area contributed by atoms with E-state index in [4.69, 9.17) is 0 Å². The fourth-order valence-electron chi connectivity index (χ4n) is 3.00. The smallest absolute Gasteiger partial charge is 0.240 e. The molecule has 3 aromatic rings. The van der Waals surface area contributed by atoms with Crippen molar-refractivity contribution in [1.29, 1.82) is 0 Å². The first-order chi connectivity index (χ1) is 11.0. The van der Waals surface area contributed by atoms with Crippen LogP contribution in [0.25, 0.3) is 10.9 Å². The Labute approximate surface area is 140 Å². The molecule has 4 nitrogen and oxygen atoms in total. The van der Waals surface area contributed by atoms with Gasteiger partial charge in [0.25, 0.3) is 0 Å². The molecular weight excluding hydrogens is 306 g/mol. The molecule has 120 valence electrons. The monoisotopic (exact) mass is 327 g/mol. The number of fused-ring (bicyclic) bond motifs is 1. The van der Waals surface area contributed by atoms with E-state index in [0.717, 1.165) is 26.8 Å². The van der Waals surface area contributed by atoms with Gasteiger partial charge in [0.1, 0.15) is 6.54 Å². The van der Waals surface area contributed by atoms with Gasteiger partial charge in [-0.25, -0.2) is 4.98 Å². The molecule has 1 atom stereocenters. The molecule has 0 aliphatic heterocycles. The van der Waals surface area contributed by atoms with Crippen molar-refractivity contribution in [2.24, 2.45) is 0 Å². The average molecular weight is 327 g/mol. The average Bonchev–Trinajstić information content (AvgIpc) is 2.99. The molecule has 0 spiro atoms. The number of rotatable bonds is 4. The van der Waals surface area contributed by atoms with Gasteiger partial charge in [-0.15, -0.1) is 11.3 Å². The number of hydrogen-bond acceptors (Lipinski definition) is 3. The Balaban J connectivity index is 1.76. The zero-order valence-corrected chi connectivity index (χ0v) is 14.7. The molecule has 1 amide bonds. The molecule has 3 rings (SSSR count). The Morgan fingerprint density at radius 2 is 2.04 bits per heavy atom. The number of hydrogen-bond donors (Lipinski definition) is 1. The fourth-order valence-corrected chi connectivity index (χ4v) is 3.93. The van der Waals surface area contributed by atoms with Crippen LogP contribution in [0.15, 0.2) is 30.3 Å². The van der Waals surface area contributed by atoms with E-state index in [1.165, 1.54) is 5.39 Å². The third kappa shape index (κ3) is 3.15. The lowest BCUT2D eigenvalue weighted by molar-refractivity contribution is -0.122. The second-order valence-electron chi connectivity index (χ2n) is 5.90. The predicted octanol–water partition coefficient (Wildman–Crippen LogP) is 3.90. The van der Waals surface area contributed by atoms with Gasteiger partial charge >= 0.3 is 0 Å². The molecule has 0 aliphatic carbocycles. The first-order valence-corrected chi connectivity index (χ1v) is 8.55. The van der Waals surface area contributed by atoms with Crippen LogP contribution in [0, 0.1) is 20.8 Å². The normalized spacial score (nSPS) is 12.5. The van der Waals surface area contributed by atoms with Gasteiger partial charge in [-0.2, -0.15) is 0 Å². The van der Waals surface area contributed by atoms with Crippen LogP contribution in [-0.4, -0.2) is 15.5 Å². The molecule has 23 heavy (non-hydrogen) atoms. The number of benzene rings is 1. The summed E-state index contributed by atoms with van der Waals surface area (Å²) >= 11 is 1.65. The third-order valence-electron chi connectivity index (χ3n) is 4.03. The second-order valence-corrected chi connectivity index (χ2v) is 7.14. The fraction of sp³-hybridized carbons (Fsp3) is 0.333. The van der Waals surface area contributed by atoms with Crippen LogP contribution >= 0.6 is 11.3 Å². The van der Waals surface area contributed by atoms with E-state index in [-0.39, 0.29) is 11.9 Å². The highest BCUT2D eigenvalue weighted by molar-refractivity contribution is 7.11. The molecule has 0 saturated heterocycles. The zero-order valence-electron chi connectivity index (χ0n) is 13.9. The quantitative estimate of drug-likeness (QED) is 0.790. The first kappa shape index (κ1) is 15.7. The molecule has 2 heterocycles. The van der Waals surface area contributed by atoms with Gasteiger partial charge in [0, 0.05) is 16.1 Å². The Morgan fingerprint density at radius 3 is 2.74 bits per heavy atom. The number of carbonyl (C=O) groups is 1. The maximum Gasteiger partial charge on any atom is 0.240 e. The van der Waals surface area contributed by atoms with E-state index in [2.05, 4.69) is 33.1 Å². The van der Waals surface area contributed by atoms with Crippen LogP contribution in [-0.2, 0) is 11.3 Å². The second kappa shape index (κ2) is 6.16. The lowest BCUT2D eigenvalue weighted by Crippen LogP contribution is -2.30. The maximum atomic E-state index is 12.5. The van der Waals surface area contributed by atoms with Gasteiger partial charge in [0.05, 0.1) is 16.7 Å². The van der Waals surface area contributed by atoms with Crippen LogP contribution in [0.2, 0.25) is 0 Å². The molecule has 2 aromatic heterocycles. The SMILES string of the molecule is Cc1nc(C)c([C@@H](C)NC(=O)Cn2c(C)cc3ccccc32)s1. The minimum absolute atomic E-state index is 0.0177. The van der Waals surface area contributed by atoms with E-state index in [9.17, 15) is 4.79 Å². The van der Waals surface area contributed by atoms with E-state index < -0.39 is 0 Å². The molecule has 1 N–H and O–H groups in total. The van der Waals surface area contributed by atoms with Gasteiger partial charge in [0.15, 0.2) is 0 Å². The summed E-state index contributed by atoms with van der Waals surface area (Å²) in [6, 6.07) is 10.2. The van der Waals surface area contributed by atoms with Gasteiger partial charge in [-0.3, -0.25) is 4.79 Å². The van der Waals surface area contributed by atoms with E-state index in [0.29, 0.717) is 6.54 Å². The van der Waals surface area contributed by atoms with Crippen molar-refractivity contribution in [1.82, 2.24) is 14.9 Å². The number of aromatic nitrogens is 2. The molecular formula is C18H21N3OS. The third-order valence-corrected chi connectivity index (χ3v) is 5.29. The number of amides is 1. The van der Waals surface area contributed by atoms with Crippen LogP contribution in [0.3, 0.4) is 0 Å². The van der Waals surface area contributed by atoms with Gasteiger partial charge in [-0.1, -0.05) is 18.2 Å². The predicted molar refractivity (Wildman–Crippen MR) is 94.8 cm³/mol. The molecule has 0 bridgehead atoms. The molecule has 0 saturated carbocycles. The molecule has 1 aromatic carbocycles. The van der Waals surface area contributed by atoms with Crippen molar-refractivity contribution in [2.45, 2.75) is 40.3 Å². The topological polar surface area (TPSA) is 46.9 Å². The highest BCUT2D eigenvalue weighted by atomic mass is 32.1. The van der Waals surface area contributed by atoms with Crippen molar-refractivity contribution < 1.29 is 4.79 Å². The molecule has 5 heteroatoms. The number of nitrogens with one attached hydrogen (secondary N) is 1.